The highest BCUT2D eigenvalue weighted by Gasteiger charge is 2.23. The first-order valence-electron chi connectivity index (χ1n) is 10.5. The van der Waals surface area contributed by atoms with Crippen molar-refractivity contribution >= 4 is 32.7 Å². The molecule has 2 aromatic heterocycles. The number of methoxy groups -OCH3 is 1. The van der Waals surface area contributed by atoms with Crippen LogP contribution in [-0.2, 0) is 10.0 Å². The summed E-state index contributed by atoms with van der Waals surface area (Å²) in [5.74, 6) is 0.465. The zero-order chi connectivity index (χ0) is 22.9. The molecule has 1 aliphatic rings. The van der Waals surface area contributed by atoms with Gasteiger partial charge in [-0.05, 0) is 68.1 Å². The van der Waals surface area contributed by atoms with Crippen LogP contribution in [0.25, 0.3) is 10.6 Å². The first kappa shape index (κ1) is 22.6. The van der Waals surface area contributed by atoms with E-state index in [1.165, 1.54) is 13.3 Å². The molecule has 1 saturated heterocycles. The number of ether oxygens (including phenoxy) is 1. The minimum Gasteiger partial charge on any atom is -0.495 e. The maximum absolute atomic E-state index is 13.1. The highest BCUT2D eigenvalue weighted by atomic mass is 32.2. The van der Waals surface area contributed by atoms with Gasteiger partial charge in [0.1, 0.15) is 10.6 Å². The van der Waals surface area contributed by atoms with E-state index in [2.05, 4.69) is 33.8 Å². The normalized spacial score (nSPS) is 19.1. The van der Waals surface area contributed by atoms with Gasteiger partial charge in [-0.15, -0.1) is 11.3 Å². The molecule has 7 nitrogen and oxygen atoms in total. The van der Waals surface area contributed by atoms with Crippen molar-refractivity contribution in [1.82, 2.24) is 10.3 Å². The summed E-state index contributed by atoms with van der Waals surface area (Å²) in [6.07, 6.45) is 1.39. The van der Waals surface area contributed by atoms with Crippen LogP contribution < -0.4 is 19.7 Å². The second-order valence-corrected chi connectivity index (χ2v) is 10.8. The lowest BCUT2D eigenvalue weighted by molar-refractivity contribution is 0.406. The van der Waals surface area contributed by atoms with E-state index >= 15 is 0 Å². The Bertz CT molecular complexity index is 1180. The van der Waals surface area contributed by atoms with Crippen molar-refractivity contribution in [2.24, 2.45) is 0 Å². The fraction of sp³-hybridized carbons (Fsp3) is 0.348. The lowest BCUT2D eigenvalue weighted by atomic mass is 10.1. The second kappa shape index (κ2) is 9.09. The summed E-state index contributed by atoms with van der Waals surface area (Å²) in [5, 5.41) is 5.55. The Morgan fingerprint density at radius 2 is 1.91 bits per heavy atom. The van der Waals surface area contributed by atoms with Crippen LogP contribution >= 0.6 is 11.3 Å². The summed E-state index contributed by atoms with van der Waals surface area (Å²) in [6.45, 7) is 7.99. The maximum Gasteiger partial charge on any atom is 0.263 e. The molecule has 1 fully saturated rings. The zero-order valence-electron chi connectivity index (χ0n) is 18.6. The van der Waals surface area contributed by atoms with Crippen LogP contribution in [0.2, 0.25) is 0 Å². The Hall–Kier alpha value is -2.62. The Kier molecular flexibility index (Phi) is 6.41. The van der Waals surface area contributed by atoms with Gasteiger partial charge in [-0.3, -0.25) is 9.71 Å². The third kappa shape index (κ3) is 4.90. The van der Waals surface area contributed by atoms with Gasteiger partial charge in [0.05, 0.1) is 23.4 Å². The number of anilines is 2. The number of piperazine rings is 1. The van der Waals surface area contributed by atoms with Crippen LogP contribution in [0.3, 0.4) is 0 Å². The Morgan fingerprint density at radius 3 is 2.50 bits per heavy atom. The molecular formula is C23H28N4O3S2. The fourth-order valence-corrected chi connectivity index (χ4v) is 5.85. The number of benzene rings is 1. The number of hydrogen-bond acceptors (Lipinski definition) is 7. The lowest BCUT2D eigenvalue weighted by Crippen LogP contribution is -2.54. The minimum atomic E-state index is -3.83. The molecule has 0 radical (unpaired) electrons. The molecule has 1 aliphatic heterocycles. The van der Waals surface area contributed by atoms with Crippen molar-refractivity contribution < 1.29 is 13.2 Å². The molecule has 0 saturated carbocycles. The molecule has 2 N–H and O–H groups in total. The Morgan fingerprint density at radius 1 is 1.16 bits per heavy atom. The summed E-state index contributed by atoms with van der Waals surface area (Å²) in [6, 6.07) is 11.6. The number of sulfonamides is 1. The van der Waals surface area contributed by atoms with Gasteiger partial charge >= 0.3 is 0 Å². The summed E-state index contributed by atoms with van der Waals surface area (Å²) in [7, 11) is -2.30. The molecule has 0 amide bonds. The summed E-state index contributed by atoms with van der Waals surface area (Å²) in [5.41, 5.74) is 3.26. The lowest BCUT2D eigenvalue weighted by Gasteiger charge is -2.38. The SMILES string of the molecule is COc1ccc(N2C[C@@H](C)N[C@@H](C)C2)cc1NS(=O)(=O)c1ccc(-c2cc(C)cs2)nc1. The van der Waals surface area contributed by atoms with Gasteiger partial charge in [0.2, 0.25) is 0 Å². The average Bonchev–Trinajstić information content (AvgIpc) is 3.19. The number of pyridine rings is 1. The molecule has 0 aliphatic carbocycles. The number of rotatable bonds is 6. The van der Waals surface area contributed by atoms with Crippen molar-refractivity contribution in [3.8, 4) is 16.3 Å². The van der Waals surface area contributed by atoms with Crippen LogP contribution in [0.15, 0.2) is 52.9 Å². The number of hydrogen-bond donors (Lipinski definition) is 2. The smallest absolute Gasteiger partial charge is 0.263 e. The molecule has 2 atom stereocenters. The number of nitrogens with zero attached hydrogens (tertiary/aromatic N) is 2. The fourth-order valence-electron chi connectivity index (χ4n) is 3.96. The third-order valence-electron chi connectivity index (χ3n) is 5.38. The van der Waals surface area contributed by atoms with Crippen molar-refractivity contribution in [2.75, 3.05) is 29.8 Å². The zero-order valence-corrected chi connectivity index (χ0v) is 20.3. The summed E-state index contributed by atoms with van der Waals surface area (Å²) in [4.78, 5) is 7.73. The maximum atomic E-state index is 13.1. The van der Waals surface area contributed by atoms with Gasteiger partial charge in [0.15, 0.2) is 0 Å². The van der Waals surface area contributed by atoms with E-state index in [9.17, 15) is 8.42 Å². The van der Waals surface area contributed by atoms with Crippen molar-refractivity contribution in [3.63, 3.8) is 0 Å². The molecular weight excluding hydrogens is 444 g/mol. The van der Waals surface area contributed by atoms with Gasteiger partial charge in [-0.2, -0.15) is 0 Å². The molecule has 1 aromatic carbocycles. The van der Waals surface area contributed by atoms with Crippen LogP contribution in [0.4, 0.5) is 11.4 Å². The van der Waals surface area contributed by atoms with E-state index in [-0.39, 0.29) is 4.90 Å². The standard InChI is InChI=1S/C23H28N4O3S2/c1-15-9-23(31-14-15)20-7-6-19(11-24-20)32(28,29)26-21-10-18(5-8-22(21)30-4)27-12-16(2)25-17(3)13-27/h5-11,14,16-17,25-26H,12-13H2,1-4H3/t16-,17+. The van der Waals surface area contributed by atoms with Crippen molar-refractivity contribution in [2.45, 2.75) is 37.8 Å². The number of thiophene rings is 1. The van der Waals surface area contributed by atoms with Crippen LogP contribution in [0.5, 0.6) is 5.75 Å². The predicted molar refractivity (Wildman–Crippen MR) is 130 cm³/mol. The molecule has 0 unspecified atom stereocenters. The van der Waals surface area contributed by atoms with E-state index < -0.39 is 10.0 Å². The van der Waals surface area contributed by atoms with E-state index in [0.29, 0.717) is 23.5 Å². The highest BCUT2D eigenvalue weighted by molar-refractivity contribution is 7.92. The number of aryl methyl sites for hydroxylation is 1. The predicted octanol–water partition coefficient (Wildman–Crippen LogP) is 4.11. The van der Waals surface area contributed by atoms with Gasteiger partial charge in [-0.1, -0.05) is 0 Å². The van der Waals surface area contributed by atoms with Gasteiger partial charge in [0.25, 0.3) is 10.0 Å². The van der Waals surface area contributed by atoms with E-state index in [1.54, 1.807) is 29.5 Å². The molecule has 9 heteroatoms. The van der Waals surface area contributed by atoms with Crippen LogP contribution in [-0.4, -0.2) is 45.7 Å². The average molecular weight is 473 g/mol. The Labute approximate surface area is 193 Å². The van der Waals surface area contributed by atoms with E-state index in [4.69, 9.17) is 4.74 Å². The van der Waals surface area contributed by atoms with Gasteiger partial charge in [-0.25, -0.2) is 8.42 Å². The van der Waals surface area contributed by atoms with E-state index in [0.717, 1.165) is 34.9 Å². The minimum absolute atomic E-state index is 0.103. The molecule has 0 bridgehead atoms. The van der Waals surface area contributed by atoms with Gasteiger partial charge in [0, 0.05) is 37.1 Å². The second-order valence-electron chi connectivity index (χ2n) is 8.23. The number of aromatic nitrogens is 1. The quantitative estimate of drug-likeness (QED) is 0.562. The third-order valence-corrected chi connectivity index (χ3v) is 7.80. The molecule has 0 spiro atoms. The molecule has 3 heterocycles. The topological polar surface area (TPSA) is 83.6 Å². The highest BCUT2D eigenvalue weighted by Crippen LogP contribution is 2.32. The van der Waals surface area contributed by atoms with Crippen molar-refractivity contribution in [1.29, 1.82) is 0 Å². The Balaban J connectivity index is 1.59. The molecule has 32 heavy (non-hydrogen) atoms. The van der Waals surface area contributed by atoms with Crippen LogP contribution in [0, 0.1) is 6.92 Å². The monoisotopic (exact) mass is 472 g/mol. The van der Waals surface area contributed by atoms with Crippen LogP contribution in [0.1, 0.15) is 19.4 Å². The summed E-state index contributed by atoms with van der Waals surface area (Å²) < 4.78 is 34.3. The molecule has 170 valence electrons. The number of nitrogens with one attached hydrogen (secondary N) is 2. The summed E-state index contributed by atoms with van der Waals surface area (Å²) >= 11 is 1.59. The first-order valence-corrected chi connectivity index (χ1v) is 12.8. The van der Waals surface area contributed by atoms with Crippen molar-refractivity contribution in [3.05, 3.63) is 53.5 Å². The largest absolute Gasteiger partial charge is 0.495 e. The first-order chi connectivity index (χ1) is 15.2. The van der Waals surface area contributed by atoms with Gasteiger partial charge < -0.3 is 15.0 Å². The van der Waals surface area contributed by atoms with E-state index in [1.807, 2.05) is 30.5 Å². The molecule has 3 aromatic rings. The molecule has 4 rings (SSSR count).